The maximum Gasteiger partial charge on any atom is 0.253 e. The first-order valence-corrected chi connectivity index (χ1v) is 13.1. The van der Waals surface area contributed by atoms with Gasteiger partial charge in [-0.25, -0.2) is 4.68 Å². The number of tetrazole rings is 1. The minimum atomic E-state index is -0.304. The van der Waals surface area contributed by atoms with Crippen LogP contribution in [0.4, 0.5) is 0 Å². The van der Waals surface area contributed by atoms with Crippen molar-refractivity contribution in [1.82, 2.24) is 35.0 Å². The third kappa shape index (κ3) is 4.60. The molecule has 4 heterocycles. The minimum Gasteiger partial charge on any atom is -0.468 e. The van der Waals surface area contributed by atoms with Crippen LogP contribution in [-0.4, -0.2) is 61.2 Å². The SMILES string of the molecule is Cc1ccc2cc([C@@H](c3nnnn3C3CCCCC3)N3CCN(Cc4ccco4)CC3)c(=O)[nH]c2c1. The van der Waals surface area contributed by atoms with Crippen LogP contribution in [0, 0.1) is 6.92 Å². The van der Waals surface area contributed by atoms with Crippen LogP contribution in [-0.2, 0) is 6.54 Å². The Kier molecular flexibility index (Phi) is 6.41. The Morgan fingerprint density at radius 1 is 1.08 bits per heavy atom. The zero-order valence-corrected chi connectivity index (χ0v) is 20.8. The minimum absolute atomic E-state index is 0.0747. The van der Waals surface area contributed by atoms with Crippen LogP contribution in [0.2, 0.25) is 0 Å². The van der Waals surface area contributed by atoms with E-state index in [1.165, 1.54) is 19.3 Å². The molecule has 1 saturated heterocycles. The number of H-pyrrole nitrogens is 1. The van der Waals surface area contributed by atoms with Gasteiger partial charge in [0.05, 0.1) is 18.8 Å². The first-order chi connectivity index (χ1) is 17.7. The van der Waals surface area contributed by atoms with Gasteiger partial charge in [0, 0.05) is 37.3 Å². The molecule has 1 aliphatic carbocycles. The number of nitrogens with one attached hydrogen (secondary N) is 1. The van der Waals surface area contributed by atoms with Gasteiger partial charge in [-0.3, -0.25) is 14.6 Å². The summed E-state index contributed by atoms with van der Waals surface area (Å²) in [6.45, 7) is 6.22. The lowest BCUT2D eigenvalue weighted by atomic mass is 9.95. The van der Waals surface area contributed by atoms with Gasteiger partial charge < -0.3 is 9.40 Å². The maximum atomic E-state index is 13.5. The highest BCUT2D eigenvalue weighted by molar-refractivity contribution is 5.79. The van der Waals surface area contributed by atoms with Gasteiger partial charge in [-0.2, -0.15) is 0 Å². The van der Waals surface area contributed by atoms with Gasteiger partial charge >= 0.3 is 0 Å². The Hall–Kier alpha value is -3.30. The van der Waals surface area contributed by atoms with E-state index in [2.05, 4.69) is 42.4 Å². The van der Waals surface area contributed by atoms with E-state index in [1.54, 1.807) is 6.26 Å². The Labute approximate surface area is 210 Å². The van der Waals surface area contributed by atoms with Crippen molar-refractivity contribution in [2.24, 2.45) is 0 Å². The van der Waals surface area contributed by atoms with E-state index < -0.39 is 0 Å². The van der Waals surface area contributed by atoms with Crippen molar-refractivity contribution in [2.45, 2.75) is 57.7 Å². The fraction of sp³-hybridized carbons (Fsp3) is 0.481. The number of nitrogens with zero attached hydrogens (tertiary/aromatic N) is 6. The summed E-state index contributed by atoms with van der Waals surface area (Å²) in [5.74, 6) is 1.75. The van der Waals surface area contributed by atoms with E-state index in [0.717, 1.165) is 73.6 Å². The van der Waals surface area contributed by atoms with Crippen molar-refractivity contribution in [1.29, 1.82) is 0 Å². The Bertz CT molecular complexity index is 1360. The quantitative estimate of drug-likeness (QED) is 0.442. The highest BCUT2D eigenvalue weighted by Gasteiger charge is 2.34. The number of aryl methyl sites for hydroxylation is 1. The molecule has 0 radical (unpaired) electrons. The molecule has 4 aromatic rings. The van der Waals surface area contributed by atoms with Crippen LogP contribution in [0.5, 0.6) is 0 Å². The summed E-state index contributed by atoms with van der Waals surface area (Å²) in [6, 6.07) is 12.1. The van der Waals surface area contributed by atoms with Crippen molar-refractivity contribution in [3.8, 4) is 0 Å². The van der Waals surface area contributed by atoms with Crippen molar-refractivity contribution >= 4 is 10.9 Å². The smallest absolute Gasteiger partial charge is 0.253 e. The highest BCUT2D eigenvalue weighted by Crippen LogP contribution is 2.33. The third-order valence-electron chi connectivity index (χ3n) is 7.74. The fourth-order valence-corrected chi connectivity index (χ4v) is 5.80. The number of fused-ring (bicyclic) bond motifs is 1. The Morgan fingerprint density at radius 2 is 1.92 bits per heavy atom. The lowest BCUT2D eigenvalue weighted by Crippen LogP contribution is -2.48. The van der Waals surface area contributed by atoms with Crippen LogP contribution in [0.15, 0.2) is 51.9 Å². The molecule has 36 heavy (non-hydrogen) atoms. The second kappa shape index (κ2) is 9.99. The number of piperazine rings is 1. The number of aromatic amines is 1. The molecule has 3 aromatic heterocycles. The molecule has 9 heteroatoms. The van der Waals surface area contributed by atoms with Crippen LogP contribution in [0.3, 0.4) is 0 Å². The summed E-state index contributed by atoms with van der Waals surface area (Å²) in [5.41, 5.74) is 2.61. The van der Waals surface area contributed by atoms with Gasteiger partial charge in [0.15, 0.2) is 5.82 Å². The molecule has 9 nitrogen and oxygen atoms in total. The van der Waals surface area contributed by atoms with Gasteiger partial charge in [0.1, 0.15) is 11.8 Å². The average molecular weight is 488 g/mol. The highest BCUT2D eigenvalue weighted by atomic mass is 16.3. The molecule has 1 N–H and O–H groups in total. The summed E-state index contributed by atoms with van der Waals surface area (Å²) < 4.78 is 7.57. The molecule has 1 atom stereocenters. The molecule has 188 valence electrons. The van der Waals surface area contributed by atoms with Gasteiger partial charge in [-0.1, -0.05) is 31.4 Å². The zero-order valence-electron chi connectivity index (χ0n) is 20.8. The van der Waals surface area contributed by atoms with E-state index in [9.17, 15) is 4.79 Å². The molecule has 0 bridgehead atoms. The molecule has 1 aliphatic heterocycles. The second-order valence-electron chi connectivity index (χ2n) is 10.2. The van der Waals surface area contributed by atoms with Gasteiger partial charge in [0.2, 0.25) is 0 Å². The van der Waals surface area contributed by atoms with Gasteiger partial charge in [-0.15, -0.1) is 5.10 Å². The van der Waals surface area contributed by atoms with Crippen molar-refractivity contribution in [3.05, 3.63) is 75.7 Å². The molecule has 0 unspecified atom stereocenters. The molecule has 2 fully saturated rings. The maximum absolute atomic E-state index is 13.5. The number of furan rings is 1. The topological polar surface area (TPSA) is 96.1 Å². The third-order valence-corrected chi connectivity index (χ3v) is 7.74. The van der Waals surface area contributed by atoms with Crippen molar-refractivity contribution < 1.29 is 4.42 Å². The molecule has 0 spiro atoms. The first-order valence-electron chi connectivity index (χ1n) is 13.1. The number of aromatic nitrogens is 5. The molecular weight excluding hydrogens is 454 g/mol. The number of pyridine rings is 1. The molecule has 0 amide bonds. The summed E-state index contributed by atoms with van der Waals surface area (Å²) in [7, 11) is 0. The standard InChI is InChI=1S/C27H33N7O2/c1-19-9-10-20-17-23(27(35)28-24(20)16-19)25(26-29-30-31-34(26)21-6-3-2-4-7-21)33-13-11-32(12-14-33)18-22-8-5-15-36-22/h5,8-10,15-17,21,25H,2-4,6-7,11-14,18H2,1H3,(H,28,35)/t25-/m0/s1. The number of hydrogen-bond donors (Lipinski definition) is 1. The lowest BCUT2D eigenvalue weighted by Gasteiger charge is -2.38. The van der Waals surface area contributed by atoms with E-state index in [4.69, 9.17) is 4.42 Å². The second-order valence-corrected chi connectivity index (χ2v) is 10.2. The fourth-order valence-electron chi connectivity index (χ4n) is 5.80. The molecule has 1 aromatic carbocycles. The van der Waals surface area contributed by atoms with Gasteiger partial charge in [-0.05, 0) is 65.4 Å². The van der Waals surface area contributed by atoms with Crippen LogP contribution in [0.25, 0.3) is 10.9 Å². The van der Waals surface area contributed by atoms with Crippen LogP contribution in [0.1, 0.15) is 66.9 Å². The number of rotatable bonds is 6. The molecule has 2 aliphatic rings. The lowest BCUT2D eigenvalue weighted by molar-refractivity contribution is 0.0937. The summed E-state index contributed by atoms with van der Waals surface area (Å²) >= 11 is 0. The van der Waals surface area contributed by atoms with E-state index in [-0.39, 0.29) is 17.6 Å². The number of benzene rings is 1. The Morgan fingerprint density at radius 3 is 2.69 bits per heavy atom. The summed E-state index contributed by atoms with van der Waals surface area (Å²) in [4.78, 5) is 21.4. The zero-order chi connectivity index (χ0) is 24.5. The van der Waals surface area contributed by atoms with E-state index in [1.807, 2.05) is 35.9 Å². The van der Waals surface area contributed by atoms with E-state index in [0.29, 0.717) is 5.56 Å². The molecule has 6 rings (SSSR count). The van der Waals surface area contributed by atoms with E-state index >= 15 is 0 Å². The predicted octanol–water partition coefficient (Wildman–Crippen LogP) is 3.83. The van der Waals surface area contributed by atoms with Crippen LogP contribution >= 0.6 is 0 Å². The summed E-state index contributed by atoms with van der Waals surface area (Å²) in [6.07, 6.45) is 7.52. The molecule has 1 saturated carbocycles. The normalized spacial score (nSPS) is 19.1. The summed E-state index contributed by atoms with van der Waals surface area (Å²) in [5, 5.41) is 14.1. The predicted molar refractivity (Wildman–Crippen MR) is 137 cm³/mol. The number of hydrogen-bond acceptors (Lipinski definition) is 7. The first kappa shape index (κ1) is 23.1. The van der Waals surface area contributed by atoms with Crippen LogP contribution < -0.4 is 5.56 Å². The monoisotopic (exact) mass is 487 g/mol. The largest absolute Gasteiger partial charge is 0.468 e. The Balaban J connectivity index is 1.36. The van der Waals surface area contributed by atoms with Crippen molar-refractivity contribution in [3.63, 3.8) is 0 Å². The molecular formula is C27H33N7O2. The van der Waals surface area contributed by atoms with Gasteiger partial charge in [0.25, 0.3) is 5.56 Å². The average Bonchev–Trinajstić information content (AvgIpc) is 3.59. The van der Waals surface area contributed by atoms with Crippen molar-refractivity contribution in [2.75, 3.05) is 26.2 Å².